The Hall–Kier alpha value is -2.27. The van der Waals surface area contributed by atoms with Crippen molar-refractivity contribution >= 4 is 10.9 Å². The molecular formula is C14H15N5. The average molecular weight is 253 g/mol. The molecule has 0 amide bonds. The molecule has 96 valence electrons. The SMILES string of the molecule is Cc1nc(C)n(-c2cc(CN)nc3ccccc23)n1. The van der Waals surface area contributed by atoms with Crippen molar-refractivity contribution in [3.8, 4) is 5.69 Å². The molecule has 0 unspecified atom stereocenters. The number of nitrogens with zero attached hydrogens (tertiary/aromatic N) is 4. The molecule has 3 aromatic rings. The highest BCUT2D eigenvalue weighted by atomic mass is 15.3. The van der Waals surface area contributed by atoms with E-state index in [1.165, 1.54) is 0 Å². The number of nitrogens with two attached hydrogens (primary N) is 1. The van der Waals surface area contributed by atoms with Gasteiger partial charge in [-0.1, -0.05) is 18.2 Å². The van der Waals surface area contributed by atoms with Crippen molar-refractivity contribution in [1.29, 1.82) is 0 Å². The topological polar surface area (TPSA) is 69.6 Å². The number of hydrogen-bond acceptors (Lipinski definition) is 4. The molecule has 2 heterocycles. The fourth-order valence-electron chi connectivity index (χ4n) is 2.24. The van der Waals surface area contributed by atoms with Crippen LogP contribution in [0, 0.1) is 13.8 Å². The number of hydrogen-bond donors (Lipinski definition) is 1. The lowest BCUT2D eigenvalue weighted by molar-refractivity contribution is 0.831. The number of rotatable bonds is 2. The van der Waals surface area contributed by atoms with Gasteiger partial charge in [-0.25, -0.2) is 9.67 Å². The fraction of sp³-hybridized carbons (Fsp3) is 0.214. The smallest absolute Gasteiger partial charge is 0.148 e. The lowest BCUT2D eigenvalue weighted by Crippen LogP contribution is -2.06. The molecule has 3 rings (SSSR count). The molecule has 0 spiro atoms. The second kappa shape index (κ2) is 4.44. The van der Waals surface area contributed by atoms with Gasteiger partial charge < -0.3 is 5.73 Å². The van der Waals surface area contributed by atoms with Gasteiger partial charge in [0.1, 0.15) is 11.6 Å². The summed E-state index contributed by atoms with van der Waals surface area (Å²) in [5.41, 5.74) is 8.47. The Bertz CT molecular complexity index is 745. The molecular weight excluding hydrogens is 238 g/mol. The van der Waals surface area contributed by atoms with E-state index in [0.29, 0.717) is 6.54 Å². The van der Waals surface area contributed by atoms with Gasteiger partial charge in [-0.05, 0) is 26.0 Å². The van der Waals surface area contributed by atoms with Crippen LogP contribution in [0.15, 0.2) is 30.3 Å². The maximum Gasteiger partial charge on any atom is 0.148 e. The predicted octanol–water partition coefficient (Wildman–Crippen LogP) is 1.89. The van der Waals surface area contributed by atoms with Gasteiger partial charge in [-0.15, -0.1) is 0 Å². The maximum absolute atomic E-state index is 5.72. The van der Waals surface area contributed by atoms with Crippen LogP contribution in [0.1, 0.15) is 17.3 Å². The summed E-state index contributed by atoms with van der Waals surface area (Å²) in [6, 6.07) is 9.96. The summed E-state index contributed by atoms with van der Waals surface area (Å²) >= 11 is 0. The zero-order chi connectivity index (χ0) is 13.4. The first-order chi connectivity index (χ1) is 9.19. The standard InChI is InChI=1S/C14H15N5/c1-9-16-10(2)19(18-9)14-7-11(8-15)17-13-6-4-3-5-12(13)14/h3-7H,8,15H2,1-2H3. The second-order valence-corrected chi connectivity index (χ2v) is 4.47. The highest BCUT2D eigenvalue weighted by Crippen LogP contribution is 2.22. The van der Waals surface area contributed by atoms with E-state index in [2.05, 4.69) is 15.1 Å². The van der Waals surface area contributed by atoms with Gasteiger partial charge in [0.05, 0.1) is 16.9 Å². The van der Waals surface area contributed by atoms with E-state index in [1.807, 2.05) is 48.9 Å². The number of para-hydroxylation sites is 1. The van der Waals surface area contributed by atoms with Crippen LogP contribution in [0.25, 0.3) is 16.6 Å². The fourth-order valence-corrected chi connectivity index (χ4v) is 2.24. The van der Waals surface area contributed by atoms with Gasteiger partial charge in [0.25, 0.3) is 0 Å². The molecule has 2 aromatic heterocycles. The van der Waals surface area contributed by atoms with Gasteiger partial charge in [0.2, 0.25) is 0 Å². The van der Waals surface area contributed by atoms with E-state index in [-0.39, 0.29) is 0 Å². The molecule has 5 heteroatoms. The van der Waals surface area contributed by atoms with Gasteiger partial charge in [-0.3, -0.25) is 4.98 Å². The van der Waals surface area contributed by atoms with Gasteiger partial charge in [-0.2, -0.15) is 5.10 Å². The molecule has 0 aliphatic carbocycles. The molecule has 2 N–H and O–H groups in total. The minimum absolute atomic E-state index is 0.407. The third kappa shape index (κ3) is 1.98. The van der Waals surface area contributed by atoms with Crippen LogP contribution in [0.5, 0.6) is 0 Å². The van der Waals surface area contributed by atoms with Gasteiger partial charge in [0, 0.05) is 11.9 Å². The molecule has 0 saturated carbocycles. The third-order valence-electron chi connectivity index (χ3n) is 3.06. The Kier molecular flexibility index (Phi) is 2.76. The lowest BCUT2D eigenvalue weighted by atomic mass is 10.1. The Balaban J connectivity index is 2.35. The Morgan fingerprint density at radius 3 is 2.63 bits per heavy atom. The van der Waals surface area contributed by atoms with Crippen molar-refractivity contribution in [2.45, 2.75) is 20.4 Å². The molecule has 0 atom stereocenters. The number of pyridine rings is 1. The van der Waals surface area contributed by atoms with Crippen molar-refractivity contribution < 1.29 is 0 Å². The Morgan fingerprint density at radius 2 is 1.95 bits per heavy atom. The average Bonchev–Trinajstić information content (AvgIpc) is 2.76. The van der Waals surface area contributed by atoms with Crippen LogP contribution >= 0.6 is 0 Å². The van der Waals surface area contributed by atoms with Crippen LogP contribution < -0.4 is 5.73 Å². The van der Waals surface area contributed by atoms with Crippen LogP contribution in [0.3, 0.4) is 0 Å². The van der Waals surface area contributed by atoms with E-state index in [9.17, 15) is 0 Å². The maximum atomic E-state index is 5.72. The molecule has 5 nitrogen and oxygen atoms in total. The number of aromatic nitrogens is 4. The summed E-state index contributed by atoms with van der Waals surface area (Å²) in [5, 5.41) is 5.49. The summed E-state index contributed by atoms with van der Waals surface area (Å²) in [5.74, 6) is 1.62. The zero-order valence-corrected chi connectivity index (χ0v) is 11.0. The molecule has 0 saturated heterocycles. The second-order valence-electron chi connectivity index (χ2n) is 4.47. The minimum Gasteiger partial charge on any atom is -0.325 e. The number of fused-ring (bicyclic) bond motifs is 1. The molecule has 0 radical (unpaired) electrons. The minimum atomic E-state index is 0.407. The first-order valence-corrected chi connectivity index (χ1v) is 6.18. The van der Waals surface area contributed by atoms with Crippen molar-refractivity contribution in [3.63, 3.8) is 0 Å². The normalized spacial score (nSPS) is 11.1. The highest BCUT2D eigenvalue weighted by molar-refractivity contribution is 5.87. The molecule has 0 fully saturated rings. The summed E-state index contributed by atoms with van der Waals surface area (Å²) in [4.78, 5) is 8.88. The first kappa shape index (κ1) is 11.8. The van der Waals surface area contributed by atoms with Crippen molar-refractivity contribution in [2.24, 2.45) is 5.73 Å². The van der Waals surface area contributed by atoms with Crippen LogP contribution in [0.4, 0.5) is 0 Å². The quantitative estimate of drug-likeness (QED) is 0.757. The predicted molar refractivity (Wildman–Crippen MR) is 74.0 cm³/mol. The van der Waals surface area contributed by atoms with E-state index >= 15 is 0 Å². The first-order valence-electron chi connectivity index (χ1n) is 6.18. The molecule has 0 bridgehead atoms. The summed E-state index contributed by atoms with van der Waals surface area (Å²) in [7, 11) is 0. The van der Waals surface area contributed by atoms with Crippen molar-refractivity contribution in [1.82, 2.24) is 19.7 Å². The molecule has 0 aliphatic heterocycles. The monoisotopic (exact) mass is 253 g/mol. The lowest BCUT2D eigenvalue weighted by Gasteiger charge is -2.09. The molecule has 0 aliphatic rings. The van der Waals surface area contributed by atoms with Crippen molar-refractivity contribution in [2.75, 3.05) is 0 Å². The Morgan fingerprint density at radius 1 is 1.16 bits per heavy atom. The summed E-state index contributed by atoms with van der Waals surface area (Å²) in [6.07, 6.45) is 0. The number of benzene rings is 1. The van der Waals surface area contributed by atoms with Crippen LogP contribution in [0.2, 0.25) is 0 Å². The highest BCUT2D eigenvalue weighted by Gasteiger charge is 2.11. The molecule has 1 aromatic carbocycles. The van der Waals surface area contributed by atoms with Gasteiger partial charge >= 0.3 is 0 Å². The van der Waals surface area contributed by atoms with Crippen LogP contribution in [-0.2, 0) is 6.54 Å². The third-order valence-corrected chi connectivity index (χ3v) is 3.06. The van der Waals surface area contributed by atoms with Crippen molar-refractivity contribution in [3.05, 3.63) is 47.7 Å². The van der Waals surface area contributed by atoms with Gasteiger partial charge in [0.15, 0.2) is 0 Å². The van der Waals surface area contributed by atoms with E-state index in [0.717, 1.165) is 33.9 Å². The molecule has 19 heavy (non-hydrogen) atoms. The number of aryl methyl sites for hydroxylation is 2. The summed E-state index contributed by atoms with van der Waals surface area (Å²) in [6.45, 7) is 4.23. The van der Waals surface area contributed by atoms with E-state index < -0.39 is 0 Å². The Labute approximate surface area is 111 Å². The largest absolute Gasteiger partial charge is 0.325 e. The van der Waals surface area contributed by atoms with E-state index in [4.69, 9.17) is 5.73 Å². The van der Waals surface area contributed by atoms with Crippen LogP contribution in [-0.4, -0.2) is 19.7 Å². The zero-order valence-electron chi connectivity index (χ0n) is 11.0. The summed E-state index contributed by atoms with van der Waals surface area (Å²) < 4.78 is 1.85. The van der Waals surface area contributed by atoms with E-state index in [1.54, 1.807) is 0 Å².